The lowest BCUT2D eigenvalue weighted by molar-refractivity contribution is -0.181. The molecule has 0 saturated carbocycles. The first-order valence-corrected chi connectivity index (χ1v) is 8.07. The lowest BCUT2D eigenvalue weighted by Gasteiger charge is -2.50. The molecule has 1 aromatic carbocycles. The summed E-state index contributed by atoms with van der Waals surface area (Å²) in [7, 11) is 1.95. The Morgan fingerprint density at radius 3 is 2.11 bits per heavy atom. The SMILES string of the molecule is COC(=O)C(C(=O)OC)N1C(=O)C(N(C(=O)CN)c2ccccc2)C1C(=O)O. The first-order valence-electron chi connectivity index (χ1n) is 8.07. The second-order valence-corrected chi connectivity index (χ2v) is 5.73. The molecule has 2 unspecified atom stereocenters. The number of aliphatic carboxylic acids is 1. The number of benzene rings is 1. The van der Waals surface area contributed by atoms with Crippen LogP contribution in [0, 0.1) is 0 Å². The van der Waals surface area contributed by atoms with Gasteiger partial charge in [-0.05, 0) is 12.1 Å². The molecule has 1 heterocycles. The molecule has 3 N–H and O–H groups in total. The second-order valence-electron chi connectivity index (χ2n) is 5.73. The van der Waals surface area contributed by atoms with E-state index in [1.54, 1.807) is 18.2 Å². The van der Waals surface area contributed by atoms with Crippen molar-refractivity contribution < 1.29 is 38.6 Å². The van der Waals surface area contributed by atoms with Crippen LogP contribution < -0.4 is 10.6 Å². The van der Waals surface area contributed by atoms with Gasteiger partial charge in [0.2, 0.25) is 11.9 Å². The number of methoxy groups -OCH3 is 2. The van der Waals surface area contributed by atoms with Crippen LogP contribution in [0.25, 0.3) is 0 Å². The summed E-state index contributed by atoms with van der Waals surface area (Å²) in [4.78, 5) is 62.5. The number of carbonyl (C=O) groups excluding carboxylic acids is 4. The summed E-state index contributed by atoms with van der Waals surface area (Å²) >= 11 is 0. The third-order valence-corrected chi connectivity index (χ3v) is 4.24. The maximum absolute atomic E-state index is 12.8. The molecule has 0 aliphatic carbocycles. The van der Waals surface area contributed by atoms with Gasteiger partial charge in [-0.3, -0.25) is 14.5 Å². The number of β-lactam (4-membered cyclic amide) rings is 1. The van der Waals surface area contributed by atoms with Crippen LogP contribution >= 0.6 is 0 Å². The van der Waals surface area contributed by atoms with Crippen molar-refractivity contribution in [1.82, 2.24) is 4.90 Å². The van der Waals surface area contributed by atoms with Gasteiger partial charge in [0.05, 0.1) is 20.8 Å². The third kappa shape index (κ3) is 3.51. The minimum Gasteiger partial charge on any atom is -0.480 e. The number of para-hydroxylation sites is 1. The number of hydrogen-bond acceptors (Lipinski definition) is 8. The smallest absolute Gasteiger partial charge is 0.340 e. The lowest BCUT2D eigenvalue weighted by Crippen LogP contribution is -2.78. The van der Waals surface area contributed by atoms with Gasteiger partial charge >= 0.3 is 17.9 Å². The molecule has 11 nitrogen and oxygen atoms in total. The van der Waals surface area contributed by atoms with Crippen LogP contribution in [0.2, 0.25) is 0 Å². The number of rotatable bonds is 7. The molecule has 11 heteroatoms. The van der Waals surface area contributed by atoms with Crippen LogP contribution in [-0.4, -0.2) is 78.6 Å². The van der Waals surface area contributed by atoms with Crippen molar-refractivity contribution in [1.29, 1.82) is 0 Å². The van der Waals surface area contributed by atoms with Gasteiger partial charge in [0.1, 0.15) is 6.04 Å². The number of ether oxygens (including phenoxy) is 2. The molecule has 1 aromatic rings. The Morgan fingerprint density at radius 1 is 1.14 bits per heavy atom. The Labute approximate surface area is 159 Å². The molecule has 0 aromatic heterocycles. The van der Waals surface area contributed by atoms with Crippen molar-refractivity contribution in [3.8, 4) is 0 Å². The molecule has 0 radical (unpaired) electrons. The maximum Gasteiger partial charge on any atom is 0.340 e. The lowest BCUT2D eigenvalue weighted by atomic mass is 9.90. The van der Waals surface area contributed by atoms with Gasteiger partial charge < -0.3 is 25.2 Å². The minimum atomic E-state index is -1.91. The quantitative estimate of drug-likeness (QED) is 0.315. The first kappa shape index (κ1) is 20.8. The Kier molecular flexibility index (Phi) is 6.31. The normalized spacial score (nSPS) is 18.3. The highest BCUT2D eigenvalue weighted by Gasteiger charge is 2.61. The largest absolute Gasteiger partial charge is 0.480 e. The van der Waals surface area contributed by atoms with E-state index in [1.165, 1.54) is 12.1 Å². The summed E-state index contributed by atoms with van der Waals surface area (Å²) in [6.07, 6.45) is 0. The molecule has 2 atom stereocenters. The van der Waals surface area contributed by atoms with E-state index < -0.39 is 54.4 Å². The number of carbonyl (C=O) groups is 5. The molecule has 1 saturated heterocycles. The molecule has 150 valence electrons. The van der Waals surface area contributed by atoms with E-state index in [4.69, 9.17) is 5.73 Å². The van der Waals surface area contributed by atoms with E-state index in [0.717, 1.165) is 19.1 Å². The number of hydrogen-bond donors (Lipinski definition) is 2. The average molecular weight is 393 g/mol. The zero-order valence-electron chi connectivity index (χ0n) is 15.1. The summed E-state index contributed by atoms with van der Waals surface area (Å²) < 4.78 is 8.98. The van der Waals surface area contributed by atoms with Crippen LogP contribution in [0.3, 0.4) is 0 Å². The minimum absolute atomic E-state index is 0.245. The number of carboxylic acid groups (broad SMARTS) is 1. The monoisotopic (exact) mass is 393 g/mol. The highest BCUT2D eigenvalue weighted by atomic mass is 16.5. The van der Waals surface area contributed by atoms with Crippen molar-refractivity contribution in [2.45, 2.75) is 18.1 Å². The fourth-order valence-corrected chi connectivity index (χ4v) is 2.98. The number of nitrogens with two attached hydrogens (primary N) is 1. The number of likely N-dealkylation sites (tertiary alicyclic amines) is 1. The number of anilines is 1. The third-order valence-electron chi connectivity index (χ3n) is 4.24. The molecule has 0 bridgehead atoms. The van der Waals surface area contributed by atoms with Crippen LogP contribution in [0.4, 0.5) is 5.69 Å². The summed E-state index contributed by atoms with van der Waals surface area (Å²) in [5.41, 5.74) is 5.66. The highest BCUT2D eigenvalue weighted by molar-refractivity contribution is 6.13. The fourth-order valence-electron chi connectivity index (χ4n) is 2.98. The predicted molar refractivity (Wildman–Crippen MR) is 92.9 cm³/mol. The molecule has 1 aliphatic heterocycles. The molecule has 0 spiro atoms. The van der Waals surface area contributed by atoms with Crippen LogP contribution in [-0.2, 0) is 33.4 Å². The van der Waals surface area contributed by atoms with Crippen LogP contribution in [0.5, 0.6) is 0 Å². The Balaban J connectivity index is 2.50. The van der Waals surface area contributed by atoms with Gasteiger partial charge in [0.15, 0.2) is 6.04 Å². The summed E-state index contributed by atoms with van der Waals surface area (Å²) in [5, 5.41) is 9.63. The van der Waals surface area contributed by atoms with E-state index in [0.29, 0.717) is 4.90 Å². The Bertz CT molecular complexity index is 781. The molecule has 2 rings (SSSR count). The highest BCUT2D eigenvalue weighted by Crippen LogP contribution is 2.32. The van der Waals surface area contributed by atoms with Gasteiger partial charge in [-0.1, -0.05) is 18.2 Å². The average Bonchev–Trinajstić information content (AvgIpc) is 2.71. The number of carboxylic acids is 1. The van der Waals surface area contributed by atoms with Crippen molar-refractivity contribution in [3.63, 3.8) is 0 Å². The van der Waals surface area contributed by atoms with Crippen molar-refractivity contribution in [2.24, 2.45) is 5.73 Å². The number of nitrogens with zero attached hydrogens (tertiary/aromatic N) is 2. The summed E-state index contributed by atoms with van der Waals surface area (Å²) in [6, 6.07) is 2.76. The van der Waals surface area contributed by atoms with Gasteiger partial charge in [-0.15, -0.1) is 0 Å². The van der Waals surface area contributed by atoms with E-state index in [1.807, 2.05) is 0 Å². The van der Waals surface area contributed by atoms with Gasteiger partial charge in [0, 0.05) is 5.69 Å². The number of esters is 2. The number of amides is 2. The van der Waals surface area contributed by atoms with Gasteiger partial charge in [-0.25, -0.2) is 14.4 Å². The van der Waals surface area contributed by atoms with Crippen molar-refractivity contribution in [3.05, 3.63) is 30.3 Å². The van der Waals surface area contributed by atoms with Crippen molar-refractivity contribution >= 4 is 35.4 Å². The summed E-state index contributed by atoms with van der Waals surface area (Å²) in [6.45, 7) is -0.484. The van der Waals surface area contributed by atoms with Crippen molar-refractivity contribution in [2.75, 3.05) is 25.7 Å². The molecular weight excluding hydrogens is 374 g/mol. The topological polar surface area (TPSA) is 157 Å². The van der Waals surface area contributed by atoms with E-state index in [9.17, 15) is 29.1 Å². The van der Waals surface area contributed by atoms with E-state index >= 15 is 0 Å². The maximum atomic E-state index is 12.8. The molecule has 28 heavy (non-hydrogen) atoms. The van der Waals surface area contributed by atoms with Gasteiger partial charge in [-0.2, -0.15) is 0 Å². The van der Waals surface area contributed by atoms with Crippen LogP contribution in [0.1, 0.15) is 0 Å². The second kappa shape index (κ2) is 8.48. The molecule has 2 amide bonds. The predicted octanol–water partition coefficient (Wildman–Crippen LogP) is -1.64. The zero-order valence-corrected chi connectivity index (χ0v) is 15.1. The molecular formula is C17H19N3O8. The zero-order chi connectivity index (χ0) is 21.0. The molecule has 1 fully saturated rings. The first-order chi connectivity index (χ1) is 13.3. The Hall–Kier alpha value is -3.47. The summed E-state index contributed by atoms with van der Waals surface area (Å²) in [5.74, 6) is -5.49. The fraction of sp³-hybridized carbons (Fsp3) is 0.353. The van der Waals surface area contributed by atoms with E-state index in [-0.39, 0.29) is 5.69 Å². The Morgan fingerprint density at radius 2 is 1.68 bits per heavy atom. The molecule has 1 aliphatic rings. The standard InChI is InChI=1S/C17H19N3O8/c1-27-16(25)13(17(26)28-2)20-12(15(23)24)11(14(20)22)19(10(21)8-18)9-6-4-3-5-7-9/h3-7,11-13H,8,18H2,1-2H3,(H,23,24). The van der Waals surface area contributed by atoms with Gasteiger partial charge in [0.25, 0.3) is 5.91 Å². The van der Waals surface area contributed by atoms with E-state index in [2.05, 4.69) is 9.47 Å². The van der Waals surface area contributed by atoms with Crippen LogP contribution in [0.15, 0.2) is 30.3 Å².